The van der Waals surface area contributed by atoms with Crippen LogP contribution in [0.25, 0.3) is 0 Å². The highest BCUT2D eigenvalue weighted by molar-refractivity contribution is 6.32. The van der Waals surface area contributed by atoms with Gasteiger partial charge >= 0.3 is 5.97 Å². The summed E-state index contributed by atoms with van der Waals surface area (Å²) in [6.07, 6.45) is 1.70. The molecule has 0 aliphatic rings. The van der Waals surface area contributed by atoms with Crippen LogP contribution in [0.3, 0.4) is 0 Å². The Morgan fingerprint density at radius 3 is 2.70 bits per heavy atom. The molecule has 0 heterocycles. The molecule has 5 heteroatoms. The number of carboxylic acids is 1. The highest BCUT2D eigenvalue weighted by Gasteiger charge is 2.18. The zero-order chi connectivity index (χ0) is 15.2. The van der Waals surface area contributed by atoms with Crippen LogP contribution < -0.4 is 5.32 Å². The SMILES string of the molecule is CC(C)(CCNc1ccc(C#N)c(Cl)c1)CCC(=O)O. The Balaban J connectivity index is 2.46. The minimum absolute atomic E-state index is 0.0260. The van der Waals surface area contributed by atoms with E-state index in [1.165, 1.54) is 0 Å². The molecule has 0 spiro atoms. The van der Waals surface area contributed by atoms with Crippen molar-refractivity contribution in [3.63, 3.8) is 0 Å². The Hall–Kier alpha value is -1.73. The third-order valence-corrected chi connectivity index (χ3v) is 3.55. The fourth-order valence-electron chi connectivity index (χ4n) is 1.83. The van der Waals surface area contributed by atoms with E-state index in [-0.39, 0.29) is 11.8 Å². The second-order valence-corrected chi connectivity index (χ2v) is 5.95. The standard InChI is InChI=1S/C15H19ClN2O2/c1-15(2,6-5-14(19)20)7-8-18-12-4-3-11(10-17)13(16)9-12/h3-4,9,18H,5-8H2,1-2H3,(H,19,20). The van der Waals surface area contributed by atoms with Gasteiger partial charge in [0.1, 0.15) is 6.07 Å². The molecule has 1 rings (SSSR count). The number of nitriles is 1. The second kappa shape index (κ2) is 7.16. The molecule has 0 unspecified atom stereocenters. The van der Waals surface area contributed by atoms with E-state index in [1.807, 2.05) is 12.1 Å². The second-order valence-electron chi connectivity index (χ2n) is 5.54. The lowest BCUT2D eigenvalue weighted by molar-refractivity contribution is -0.137. The number of hydrogen-bond donors (Lipinski definition) is 2. The molecule has 0 saturated heterocycles. The summed E-state index contributed by atoms with van der Waals surface area (Å²) in [6, 6.07) is 7.24. The molecule has 4 nitrogen and oxygen atoms in total. The first-order valence-electron chi connectivity index (χ1n) is 6.49. The molecule has 20 heavy (non-hydrogen) atoms. The van der Waals surface area contributed by atoms with E-state index in [0.29, 0.717) is 17.0 Å². The first-order valence-corrected chi connectivity index (χ1v) is 6.87. The van der Waals surface area contributed by atoms with E-state index < -0.39 is 5.97 Å². The van der Waals surface area contributed by atoms with Crippen molar-refractivity contribution in [3.05, 3.63) is 28.8 Å². The number of halogens is 1. The fraction of sp³-hybridized carbons (Fsp3) is 0.467. The average molecular weight is 295 g/mol. The molecule has 0 aliphatic carbocycles. The molecule has 0 bridgehead atoms. The minimum Gasteiger partial charge on any atom is -0.481 e. The van der Waals surface area contributed by atoms with Crippen LogP contribution >= 0.6 is 11.6 Å². The molecule has 0 aromatic heterocycles. The first-order chi connectivity index (χ1) is 9.34. The van der Waals surface area contributed by atoms with Gasteiger partial charge < -0.3 is 10.4 Å². The number of anilines is 1. The number of nitrogens with zero attached hydrogens (tertiary/aromatic N) is 1. The summed E-state index contributed by atoms with van der Waals surface area (Å²) in [5, 5.41) is 21.2. The summed E-state index contributed by atoms with van der Waals surface area (Å²) in [5.41, 5.74) is 1.30. The Morgan fingerprint density at radius 1 is 1.45 bits per heavy atom. The van der Waals surface area contributed by atoms with Crippen LogP contribution in [0.5, 0.6) is 0 Å². The van der Waals surface area contributed by atoms with Crippen molar-refractivity contribution >= 4 is 23.3 Å². The minimum atomic E-state index is -0.759. The maximum atomic E-state index is 10.6. The van der Waals surface area contributed by atoms with E-state index in [2.05, 4.69) is 19.2 Å². The van der Waals surface area contributed by atoms with Crippen LogP contribution in [0.4, 0.5) is 5.69 Å². The molecule has 108 valence electrons. The van der Waals surface area contributed by atoms with Gasteiger partial charge in [-0.05, 0) is 36.5 Å². The average Bonchev–Trinajstić information content (AvgIpc) is 2.37. The number of nitrogens with one attached hydrogen (secondary N) is 1. The first kappa shape index (κ1) is 16.3. The molecule has 0 fully saturated rings. The summed E-state index contributed by atoms with van der Waals surface area (Å²) in [5.74, 6) is -0.759. The van der Waals surface area contributed by atoms with Gasteiger partial charge in [0.15, 0.2) is 0 Å². The fourth-order valence-corrected chi connectivity index (χ4v) is 2.05. The molecule has 1 aromatic carbocycles. The van der Waals surface area contributed by atoms with Gasteiger partial charge in [-0.15, -0.1) is 0 Å². The third-order valence-electron chi connectivity index (χ3n) is 3.24. The number of rotatable bonds is 7. The van der Waals surface area contributed by atoms with Crippen LogP contribution in [0, 0.1) is 16.7 Å². The van der Waals surface area contributed by atoms with Crippen LogP contribution in [0.1, 0.15) is 38.7 Å². The summed E-state index contributed by atoms with van der Waals surface area (Å²) in [4.78, 5) is 10.6. The topological polar surface area (TPSA) is 73.1 Å². The molecule has 1 aromatic rings. The van der Waals surface area contributed by atoms with Crippen LogP contribution in [0.2, 0.25) is 5.02 Å². The molecule has 2 N–H and O–H groups in total. The number of benzene rings is 1. The number of aliphatic carboxylic acids is 1. The summed E-state index contributed by atoms with van der Waals surface area (Å²) < 4.78 is 0. The Bertz CT molecular complexity index is 521. The van der Waals surface area contributed by atoms with Crippen molar-refractivity contribution in [3.8, 4) is 6.07 Å². The van der Waals surface area contributed by atoms with E-state index in [0.717, 1.165) is 18.7 Å². The predicted octanol–water partition coefficient (Wildman–Crippen LogP) is 3.90. The lowest BCUT2D eigenvalue weighted by atomic mass is 9.84. The summed E-state index contributed by atoms with van der Waals surface area (Å²) >= 11 is 5.96. The normalized spacial score (nSPS) is 10.9. The van der Waals surface area contributed by atoms with Gasteiger partial charge in [-0.25, -0.2) is 0 Å². The van der Waals surface area contributed by atoms with Gasteiger partial charge in [0.05, 0.1) is 10.6 Å². The van der Waals surface area contributed by atoms with Crippen LogP contribution in [0.15, 0.2) is 18.2 Å². The summed E-state index contributed by atoms with van der Waals surface area (Å²) in [6.45, 7) is 4.85. The van der Waals surface area contributed by atoms with Gasteiger partial charge in [-0.2, -0.15) is 5.26 Å². The van der Waals surface area contributed by atoms with E-state index in [1.54, 1.807) is 12.1 Å². The predicted molar refractivity (Wildman–Crippen MR) is 79.9 cm³/mol. The van der Waals surface area contributed by atoms with Crippen molar-refractivity contribution in [2.24, 2.45) is 5.41 Å². The molecule has 0 atom stereocenters. The molecule has 0 saturated carbocycles. The van der Waals surface area contributed by atoms with Gasteiger partial charge in [0, 0.05) is 18.7 Å². The zero-order valence-corrected chi connectivity index (χ0v) is 12.5. The lowest BCUT2D eigenvalue weighted by Gasteiger charge is -2.24. The quantitative estimate of drug-likeness (QED) is 0.800. The number of hydrogen-bond acceptors (Lipinski definition) is 3. The van der Waals surface area contributed by atoms with Crippen molar-refractivity contribution in [1.29, 1.82) is 5.26 Å². The third kappa shape index (κ3) is 5.50. The Kier molecular flexibility index (Phi) is 5.84. The van der Waals surface area contributed by atoms with Crippen molar-refractivity contribution in [2.75, 3.05) is 11.9 Å². The number of carboxylic acid groups (broad SMARTS) is 1. The van der Waals surface area contributed by atoms with Gasteiger partial charge in [-0.3, -0.25) is 4.79 Å². The Morgan fingerprint density at radius 2 is 2.15 bits per heavy atom. The number of carbonyl (C=O) groups is 1. The summed E-state index contributed by atoms with van der Waals surface area (Å²) in [7, 11) is 0. The lowest BCUT2D eigenvalue weighted by Crippen LogP contribution is -2.18. The molecule has 0 aliphatic heterocycles. The molecule has 0 radical (unpaired) electrons. The molecular formula is C15H19ClN2O2. The molecule has 0 amide bonds. The van der Waals surface area contributed by atoms with E-state index in [4.69, 9.17) is 22.0 Å². The Labute approximate surface area is 124 Å². The maximum absolute atomic E-state index is 10.6. The maximum Gasteiger partial charge on any atom is 0.303 e. The molecular weight excluding hydrogens is 276 g/mol. The van der Waals surface area contributed by atoms with E-state index >= 15 is 0 Å². The van der Waals surface area contributed by atoms with Crippen molar-refractivity contribution in [2.45, 2.75) is 33.1 Å². The van der Waals surface area contributed by atoms with Gasteiger partial charge in [0.25, 0.3) is 0 Å². The van der Waals surface area contributed by atoms with Crippen molar-refractivity contribution in [1.82, 2.24) is 0 Å². The van der Waals surface area contributed by atoms with Gasteiger partial charge in [0.2, 0.25) is 0 Å². The zero-order valence-electron chi connectivity index (χ0n) is 11.7. The van der Waals surface area contributed by atoms with E-state index in [9.17, 15) is 4.79 Å². The highest BCUT2D eigenvalue weighted by Crippen LogP contribution is 2.27. The van der Waals surface area contributed by atoms with Crippen LogP contribution in [-0.2, 0) is 4.79 Å². The van der Waals surface area contributed by atoms with Crippen molar-refractivity contribution < 1.29 is 9.90 Å². The highest BCUT2D eigenvalue weighted by atomic mass is 35.5. The van der Waals surface area contributed by atoms with Crippen LogP contribution in [-0.4, -0.2) is 17.6 Å². The largest absolute Gasteiger partial charge is 0.481 e. The monoisotopic (exact) mass is 294 g/mol. The smallest absolute Gasteiger partial charge is 0.303 e. The van der Waals surface area contributed by atoms with Gasteiger partial charge in [-0.1, -0.05) is 25.4 Å².